The maximum Gasteiger partial charge on any atom is 0.239 e. The molecule has 1 aromatic heterocycles. The van der Waals surface area contributed by atoms with E-state index >= 15 is 0 Å². The number of aliphatic hydroxyl groups excluding tert-OH is 9. The molecule has 15 atom stereocenters. The van der Waals surface area contributed by atoms with Crippen molar-refractivity contribution in [2.75, 3.05) is 13.2 Å². The third kappa shape index (κ3) is 7.52. The minimum atomic E-state index is -2.06. The Labute approximate surface area is 303 Å². The number of fused-ring (bicyclic) bond motifs is 1. The van der Waals surface area contributed by atoms with Crippen LogP contribution in [0.3, 0.4) is 0 Å². The molecule has 3 fully saturated rings. The van der Waals surface area contributed by atoms with Gasteiger partial charge in [-0.2, -0.15) is 0 Å². The largest absolute Gasteiger partial charge is 0.508 e. The number of phenolic OH excluding ortho intramolecular Hbond substituents is 4. The number of phenols is 4. The van der Waals surface area contributed by atoms with Gasteiger partial charge in [0, 0.05) is 17.7 Å². The Bertz CT molecular complexity index is 1850. The molecular weight excluding hydrogens is 732 g/mol. The lowest BCUT2D eigenvalue weighted by molar-refractivity contribution is -0.337. The molecule has 54 heavy (non-hydrogen) atoms. The van der Waals surface area contributed by atoms with E-state index in [1.807, 2.05) is 0 Å². The Morgan fingerprint density at radius 1 is 0.593 bits per heavy atom. The molecule has 3 aliphatic heterocycles. The van der Waals surface area contributed by atoms with Gasteiger partial charge in [-0.25, -0.2) is 0 Å². The van der Waals surface area contributed by atoms with Gasteiger partial charge >= 0.3 is 0 Å². The van der Waals surface area contributed by atoms with E-state index in [9.17, 15) is 71.2 Å². The highest BCUT2D eigenvalue weighted by Gasteiger charge is 2.49. The molecule has 0 amide bonds. The van der Waals surface area contributed by atoms with Crippen molar-refractivity contribution < 1.29 is 99.2 Å². The van der Waals surface area contributed by atoms with Gasteiger partial charge in [-0.05, 0) is 25.1 Å². The van der Waals surface area contributed by atoms with E-state index in [-0.39, 0.29) is 11.1 Å². The van der Waals surface area contributed by atoms with Crippen molar-refractivity contribution in [2.24, 2.45) is 0 Å². The predicted molar refractivity (Wildman–Crippen MR) is 173 cm³/mol. The Morgan fingerprint density at radius 3 is 1.72 bits per heavy atom. The number of aromatic hydroxyl groups is 4. The number of rotatable bonds is 9. The summed E-state index contributed by atoms with van der Waals surface area (Å²) in [4.78, 5) is 13.7. The van der Waals surface area contributed by atoms with Gasteiger partial charge in [0.25, 0.3) is 0 Å². The van der Waals surface area contributed by atoms with Gasteiger partial charge in [0.2, 0.25) is 17.5 Å². The summed E-state index contributed by atoms with van der Waals surface area (Å²) < 4.78 is 39.0. The molecule has 21 nitrogen and oxygen atoms in total. The molecular formula is C33H40O21. The first kappa shape index (κ1) is 39.8. The van der Waals surface area contributed by atoms with Crippen molar-refractivity contribution in [2.45, 2.75) is 99.0 Å². The van der Waals surface area contributed by atoms with Crippen LogP contribution in [0, 0.1) is 0 Å². The molecule has 6 rings (SSSR count). The van der Waals surface area contributed by atoms with Gasteiger partial charge < -0.3 is 99.2 Å². The highest BCUT2D eigenvalue weighted by molar-refractivity contribution is 5.88. The molecule has 3 aliphatic rings. The Kier molecular flexibility index (Phi) is 11.5. The van der Waals surface area contributed by atoms with Crippen molar-refractivity contribution in [3.05, 3.63) is 40.6 Å². The summed E-state index contributed by atoms with van der Waals surface area (Å²) >= 11 is 0. The van der Waals surface area contributed by atoms with E-state index in [0.717, 1.165) is 24.3 Å². The maximum atomic E-state index is 13.7. The molecule has 21 heteroatoms. The average Bonchev–Trinajstić information content (AvgIpc) is 3.13. The normalized spacial score (nSPS) is 37.3. The molecule has 0 unspecified atom stereocenters. The standard InChI is InChI=1S/C33H40O21/c1-9-19(38)23(42)26(45)31(50-9)48-7-16-20(39)24(43)27(46)32(52-16)49-8-17-21(40)25(44)28(47)33(53-17)54-30-22(41)18-14(37)5-11(34)6-15(18)51-29(30)10-2-3-12(35)13(36)4-10/h2-6,9,16-17,19-21,23-28,31-40,42-47H,7-8H2,1H3/t9-,16-,17-,19-,20-,21-,23+,24+,25+,26-,27-,28-,31-,32-,33+/m1/s1. The zero-order chi connectivity index (χ0) is 39.3. The lowest BCUT2D eigenvalue weighted by Gasteiger charge is -2.43. The van der Waals surface area contributed by atoms with Gasteiger partial charge in [-0.3, -0.25) is 4.79 Å². The number of hydrogen-bond donors (Lipinski definition) is 13. The van der Waals surface area contributed by atoms with Crippen molar-refractivity contribution in [3.8, 4) is 40.1 Å². The minimum absolute atomic E-state index is 0.0801. The maximum absolute atomic E-state index is 13.7. The molecule has 4 heterocycles. The second-order valence-electron chi connectivity index (χ2n) is 13.1. The number of ether oxygens (including phenoxy) is 6. The number of aliphatic hydroxyl groups is 9. The van der Waals surface area contributed by atoms with Crippen LogP contribution in [0.25, 0.3) is 22.3 Å². The summed E-state index contributed by atoms with van der Waals surface area (Å²) in [5.74, 6) is -3.60. The first-order chi connectivity index (χ1) is 25.5. The summed E-state index contributed by atoms with van der Waals surface area (Å²) in [7, 11) is 0. The van der Waals surface area contributed by atoms with Crippen molar-refractivity contribution >= 4 is 11.0 Å². The first-order valence-corrected chi connectivity index (χ1v) is 16.5. The van der Waals surface area contributed by atoms with Crippen molar-refractivity contribution in [1.29, 1.82) is 0 Å². The first-order valence-electron chi connectivity index (χ1n) is 16.5. The summed E-state index contributed by atoms with van der Waals surface area (Å²) in [5.41, 5.74) is -1.50. The summed E-state index contributed by atoms with van der Waals surface area (Å²) in [6.45, 7) is 0.0455. The Hall–Kier alpha value is -3.91. The highest BCUT2D eigenvalue weighted by atomic mass is 16.7. The van der Waals surface area contributed by atoms with Crippen LogP contribution in [0.15, 0.2) is 39.5 Å². The molecule has 0 saturated carbocycles. The second kappa shape index (κ2) is 15.7. The number of benzene rings is 2. The predicted octanol–water partition coefficient (Wildman–Crippen LogP) is -3.86. The van der Waals surface area contributed by atoms with Crippen molar-refractivity contribution in [1.82, 2.24) is 0 Å². The fourth-order valence-corrected chi connectivity index (χ4v) is 6.22. The minimum Gasteiger partial charge on any atom is -0.508 e. The molecule has 3 saturated heterocycles. The molecule has 2 aromatic carbocycles. The fraction of sp³-hybridized carbons (Fsp3) is 0.545. The SMILES string of the molecule is C[C@H]1O[C@@H](OC[C@H]2O[C@@H](OC[C@H]3O[C@@H](Oc4c(-c5ccc(O)c(O)c5)oc5cc(O)cc(O)c5c4=O)[C@H](O)[C@@H](O)[C@@H]3O)[C@H](O)[C@@H](O)[C@@H]2O)[C@H](O)[C@@H](O)[C@@H]1O. The van der Waals surface area contributed by atoms with Crippen LogP contribution in [0.2, 0.25) is 0 Å². The monoisotopic (exact) mass is 772 g/mol. The van der Waals surface area contributed by atoms with Crippen LogP contribution in [-0.4, -0.2) is 172 Å². The Morgan fingerprint density at radius 2 is 1.13 bits per heavy atom. The summed E-state index contributed by atoms with van der Waals surface area (Å²) in [6.07, 6.45) is -25.6. The van der Waals surface area contributed by atoms with Crippen LogP contribution in [0.1, 0.15) is 6.92 Å². The van der Waals surface area contributed by atoms with E-state index < -0.39 is 151 Å². The molecule has 0 radical (unpaired) electrons. The molecule has 3 aromatic rings. The Balaban J connectivity index is 1.20. The van der Waals surface area contributed by atoms with Crippen LogP contribution < -0.4 is 10.2 Å². The van der Waals surface area contributed by atoms with E-state index in [1.165, 1.54) is 13.0 Å². The fourth-order valence-electron chi connectivity index (χ4n) is 6.22. The number of hydrogen-bond acceptors (Lipinski definition) is 21. The van der Waals surface area contributed by atoms with E-state index in [4.69, 9.17) is 32.8 Å². The zero-order valence-electron chi connectivity index (χ0n) is 28.0. The van der Waals surface area contributed by atoms with E-state index in [0.29, 0.717) is 0 Å². The highest BCUT2D eigenvalue weighted by Crippen LogP contribution is 2.39. The van der Waals surface area contributed by atoms with Gasteiger partial charge in [-0.1, -0.05) is 0 Å². The summed E-state index contributed by atoms with van der Waals surface area (Å²) in [5, 5.41) is 134. The van der Waals surface area contributed by atoms with Crippen molar-refractivity contribution in [3.63, 3.8) is 0 Å². The van der Waals surface area contributed by atoms with Crippen LogP contribution in [0.4, 0.5) is 0 Å². The smallest absolute Gasteiger partial charge is 0.239 e. The van der Waals surface area contributed by atoms with Crippen LogP contribution in [0.5, 0.6) is 28.7 Å². The topological polar surface area (TPSA) is 349 Å². The quantitative estimate of drug-likeness (QED) is 0.0925. The third-order valence-corrected chi connectivity index (χ3v) is 9.38. The zero-order valence-corrected chi connectivity index (χ0v) is 28.0. The molecule has 0 bridgehead atoms. The average molecular weight is 773 g/mol. The second-order valence-corrected chi connectivity index (χ2v) is 13.1. The molecule has 0 spiro atoms. The van der Waals surface area contributed by atoms with Crippen LogP contribution in [-0.2, 0) is 23.7 Å². The molecule has 13 N–H and O–H groups in total. The van der Waals surface area contributed by atoms with Gasteiger partial charge in [-0.15, -0.1) is 0 Å². The van der Waals surface area contributed by atoms with E-state index in [1.54, 1.807) is 0 Å². The summed E-state index contributed by atoms with van der Waals surface area (Å²) in [6, 6.07) is 5.09. The van der Waals surface area contributed by atoms with Gasteiger partial charge in [0.15, 0.2) is 29.8 Å². The third-order valence-electron chi connectivity index (χ3n) is 9.38. The molecule has 0 aliphatic carbocycles. The lowest BCUT2D eigenvalue weighted by atomic mass is 9.98. The van der Waals surface area contributed by atoms with Gasteiger partial charge in [0.05, 0.1) is 19.3 Å². The van der Waals surface area contributed by atoms with Crippen LogP contribution >= 0.6 is 0 Å². The lowest BCUT2D eigenvalue weighted by Crippen LogP contribution is -2.62. The van der Waals surface area contributed by atoms with Gasteiger partial charge in [0.1, 0.15) is 89.6 Å². The van der Waals surface area contributed by atoms with E-state index in [2.05, 4.69) is 0 Å². The molecule has 298 valence electrons.